The standard InChI is InChI=1S/C14H17N3O3S/c15-5-2-6-16-13(19)11-4-1-3-10(7-11)8-17-12(18)9-21-14(17)20/h1,3-4,7H,2,5-6,8-9,15H2,(H,16,19). The van der Waals surface area contributed by atoms with E-state index in [1.54, 1.807) is 24.3 Å². The molecule has 7 heteroatoms. The van der Waals surface area contributed by atoms with Crippen molar-refractivity contribution in [2.45, 2.75) is 13.0 Å². The number of hydrogen-bond donors (Lipinski definition) is 2. The average Bonchev–Trinajstić information content (AvgIpc) is 2.80. The second-order valence-corrected chi connectivity index (χ2v) is 5.56. The van der Waals surface area contributed by atoms with Gasteiger partial charge >= 0.3 is 0 Å². The lowest BCUT2D eigenvalue weighted by molar-refractivity contribution is -0.125. The van der Waals surface area contributed by atoms with Gasteiger partial charge in [0, 0.05) is 12.1 Å². The van der Waals surface area contributed by atoms with Crippen LogP contribution >= 0.6 is 11.8 Å². The van der Waals surface area contributed by atoms with E-state index in [4.69, 9.17) is 5.73 Å². The number of hydrogen-bond acceptors (Lipinski definition) is 5. The molecule has 1 fully saturated rings. The Balaban J connectivity index is 2.02. The number of nitrogens with one attached hydrogen (secondary N) is 1. The Morgan fingerprint density at radius 3 is 2.86 bits per heavy atom. The number of benzene rings is 1. The number of carbonyl (C=O) groups is 3. The average molecular weight is 307 g/mol. The van der Waals surface area contributed by atoms with E-state index in [0.717, 1.165) is 23.7 Å². The first-order valence-corrected chi connectivity index (χ1v) is 7.64. The number of rotatable bonds is 6. The molecular formula is C14H17N3O3S. The van der Waals surface area contributed by atoms with Gasteiger partial charge in [-0.15, -0.1) is 0 Å². The molecule has 0 aromatic heterocycles. The van der Waals surface area contributed by atoms with Crippen molar-refractivity contribution in [3.63, 3.8) is 0 Å². The van der Waals surface area contributed by atoms with Gasteiger partial charge in [0.1, 0.15) is 0 Å². The second kappa shape index (κ2) is 7.24. The fourth-order valence-corrected chi connectivity index (χ4v) is 2.66. The van der Waals surface area contributed by atoms with E-state index < -0.39 is 0 Å². The van der Waals surface area contributed by atoms with Crippen LogP contribution in [0.5, 0.6) is 0 Å². The van der Waals surface area contributed by atoms with Crippen LogP contribution in [0.3, 0.4) is 0 Å². The molecule has 2 rings (SSSR count). The first kappa shape index (κ1) is 15.5. The molecule has 0 aliphatic carbocycles. The molecule has 3 amide bonds. The van der Waals surface area contributed by atoms with Crippen molar-refractivity contribution in [1.29, 1.82) is 0 Å². The Morgan fingerprint density at radius 1 is 1.38 bits per heavy atom. The first-order chi connectivity index (χ1) is 10.1. The highest BCUT2D eigenvalue weighted by Crippen LogP contribution is 2.21. The number of thioether (sulfide) groups is 1. The van der Waals surface area contributed by atoms with Crippen molar-refractivity contribution >= 4 is 28.8 Å². The number of nitrogens with zero attached hydrogens (tertiary/aromatic N) is 1. The van der Waals surface area contributed by atoms with Crippen LogP contribution in [0.4, 0.5) is 4.79 Å². The molecule has 0 bridgehead atoms. The predicted octanol–water partition coefficient (Wildman–Crippen LogP) is 0.961. The molecule has 1 saturated heterocycles. The first-order valence-electron chi connectivity index (χ1n) is 6.66. The maximum atomic E-state index is 11.9. The van der Waals surface area contributed by atoms with Crippen LogP contribution in [0.15, 0.2) is 24.3 Å². The number of nitrogens with two attached hydrogens (primary N) is 1. The third-order valence-electron chi connectivity index (χ3n) is 3.04. The van der Waals surface area contributed by atoms with Crippen molar-refractivity contribution in [2.24, 2.45) is 5.73 Å². The molecule has 0 unspecified atom stereocenters. The molecule has 1 aliphatic rings. The molecule has 0 spiro atoms. The minimum atomic E-state index is -0.238. The highest BCUT2D eigenvalue weighted by atomic mass is 32.2. The molecule has 1 aromatic carbocycles. The summed E-state index contributed by atoms with van der Waals surface area (Å²) in [6.45, 7) is 1.26. The molecule has 1 aromatic rings. The molecule has 112 valence electrons. The third-order valence-corrected chi connectivity index (χ3v) is 3.90. The van der Waals surface area contributed by atoms with E-state index in [1.165, 1.54) is 4.90 Å². The topological polar surface area (TPSA) is 92.5 Å². The summed E-state index contributed by atoms with van der Waals surface area (Å²) >= 11 is 1.00. The van der Waals surface area contributed by atoms with Gasteiger partial charge in [0.15, 0.2) is 0 Å². The summed E-state index contributed by atoms with van der Waals surface area (Å²) in [4.78, 5) is 36.3. The van der Waals surface area contributed by atoms with Crippen LogP contribution in [-0.2, 0) is 11.3 Å². The zero-order valence-corrected chi connectivity index (χ0v) is 12.3. The molecule has 0 radical (unpaired) electrons. The highest BCUT2D eigenvalue weighted by molar-refractivity contribution is 8.14. The van der Waals surface area contributed by atoms with E-state index in [1.807, 2.05) is 0 Å². The van der Waals surface area contributed by atoms with Gasteiger partial charge in [0.25, 0.3) is 11.1 Å². The molecule has 0 saturated carbocycles. The smallest absolute Gasteiger partial charge is 0.289 e. The minimum Gasteiger partial charge on any atom is -0.352 e. The molecule has 21 heavy (non-hydrogen) atoms. The maximum absolute atomic E-state index is 11.9. The van der Waals surface area contributed by atoms with Crippen LogP contribution in [0.25, 0.3) is 0 Å². The van der Waals surface area contributed by atoms with Crippen molar-refractivity contribution in [3.05, 3.63) is 35.4 Å². The van der Waals surface area contributed by atoms with Gasteiger partial charge in [-0.2, -0.15) is 0 Å². The quantitative estimate of drug-likeness (QED) is 0.764. The van der Waals surface area contributed by atoms with Gasteiger partial charge in [-0.25, -0.2) is 0 Å². The van der Waals surface area contributed by atoms with Gasteiger partial charge in [0.05, 0.1) is 12.3 Å². The highest BCUT2D eigenvalue weighted by Gasteiger charge is 2.29. The van der Waals surface area contributed by atoms with Gasteiger partial charge < -0.3 is 11.1 Å². The predicted molar refractivity (Wildman–Crippen MR) is 80.9 cm³/mol. The van der Waals surface area contributed by atoms with Crippen molar-refractivity contribution in [1.82, 2.24) is 10.2 Å². The molecule has 6 nitrogen and oxygen atoms in total. The van der Waals surface area contributed by atoms with Gasteiger partial charge in [-0.05, 0) is 30.7 Å². The van der Waals surface area contributed by atoms with Gasteiger partial charge in [-0.1, -0.05) is 23.9 Å². The zero-order valence-electron chi connectivity index (χ0n) is 11.5. The Kier molecular flexibility index (Phi) is 5.35. The fraction of sp³-hybridized carbons (Fsp3) is 0.357. The van der Waals surface area contributed by atoms with E-state index in [2.05, 4.69) is 5.32 Å². The van der Waals surface area contributed by atoms with Gasteiger partial charge in [-0.3, -0.25) is 19.3 Å². The van der Waals surface area contributed by atoms with E-state index in [0.29, 0.717) is 18.7 Å². The lowest BCUT2D eigenvalue weighted by Crippen LogP contribution is -2.28. The second-order valence-electron chi connectivity index (χ2n) is 4.63. The molecule has 3 N–H and O–H groups in total. The summed E-state index contributed by atoms with van der Waals surface area (Å²) in [6, 6.07) is 6.93. The SMILES string of the molecule is NCCCNC(=O)c1cccc(CN2C(=O)CSC2=O)c1. The Hall–Kier alpha value is -1.86. The lowest BCUT2D eigenvalue weighted by atomic mass is 10.1. The van der Waals surface area contributed by atoms with Crippen molar-refractivity contribution in [2.75, 3.05) is 18.8 Å². The maximum Gasteiger partial charge on any atom is 0.289 e. The van der Waals surface area contributed by atoms with E-state index in [-0.39, 0.29) is 29.4 Å². The Labute approximate surface area is 127 Å². The monoisotopic (exact) mass is 307 g/mol. The van der Waals surface area contributed by atoms with Crippen LogP contribution in [0.1, 0.15) is 22.3 Å². The minimum absolute atomic E-state index is 0.182. The number of imide groups is 1. The summed E-state index contributed by atoms with van der Waals surface area (Å²) in [5.41, 5.74) is 6.64. The molecule has 1 aliphatic heterocycles. The largest absolute Gasteiger partial charge is 0.352 e. The Morgan fingerprint density at radius 2 is 2.19 bits per heavy atom. The van der Waals surface area contributed by atoms with Crippen LogP contribution in [-0.4, -0.2) is 40.8 Å². The lowest BCUT2D eigenvalue weighted by Gasteiger charge is -2.13. The molecular weight excluding hydrogens is 290 g/mol. The van der Waals surface area contributed by atoms with Crippen LogP contribution in [0, 0.1) is 0 Å². The summed E-state index contributed by atoms with van der Waals surface area (Å²) in [5, 5.41) is 2.53. The van der Waals surface area contributed by atoms with E-state index >= 15 is 0 Å². The summed E-state index contributed by atoms with van der Waals surface area (Å²) in [7, 11) is 0. The summed E-state index contributed by atoms with van der Waals surface area (Å²) in [6.07, 6.45) is 0.722. The number of amides is 3. The fourth-order valence-electron chi connectivity index (χ4n) is 1.93. The van der Waals surface area contributed by atoms with Crippen LogP contribution in [0.2, 0.25) is 0 Å². The molecule has 0 atom stereocenters. The number of carbonyl (C=O) groups excluding carboxylic acids is 3. The summed E-state index contributed by atoms with van der Waals surface area (Å²) < 4.78 is 0. The van der Waals surface area contributed by atoms with Crippen LogP contribution < -0.4 is 11.1 Å². The van der Waals surface area contributed by atoms with Crippen molar-refractivity contribution < 1.29 is 14.4 Å². The summed E-state index contributed by atoms with van der Waals surface area (Å²) in [5.74, 6) is -0.181. The van der Waals surface area contributed by atoms with Gasteiger partial charge in [0.2, 0.25) is 5.91 Å². The Bertz CT molecular complexity index is 546. The third kappa shape index (κ3) is 4.05. The van der Waals surface area contributed by atoms with E-state index in [9.17, 15) is 14.4 Å². The van der Waals surface area contributed by atoms with Crippen molar-refractivity contribution in [3.8, 4) is 0 Å². The molecule has 1 heterocycles. The zero-order chi connectivity index (χ0) is 15.2. The normalized spacial score (nSPS) is 14.6.